The Morgan fingerprint density at radius 3 is 2.57 bits per heavy atom. The minimum Gasteiger partial charge on any atom is -0.469 e. The van der Waals surface area contributed by atoms with E-state index < -0.39 is 5.82 Å². The van der Waals surface area contributed by atoms with Gasteiger partial charge in [0.2, 0.25) is 5.88 Å². The summed E-state index contributed by atoms with van der Waals surface area (Å²) in [5.74, 6) is 0.495. The fourth-order valence-corrected chi connectivity index (χ4v) is 3.15. The van der Waals surface area contributed by atoms with Gasteiger partial charge in [-0.05, 0) is 17.7 Å². The molecule has 0 aliphatic heterocycles. The second-order valence-electron chi connectivity index (χ2n) is 6.63. The predicted octanol–water partition coefficient (Wildman–Crippen LogP) is 3.30. The summed E-state index contributed by atoms with van der Waals surface area (Å²) in [7, 11) is 1.79. The van der Waals surface area contributed by atoms with Crippen LogP contribution in [0.3, 0.4) is 0 Å². The molecule has 0 aliphatic carbocycles. The quantitative estimate of drug-likeness (QED) is 0.449. The molecule has 5 rings (SSSR count). The second kappa shape index (κ2) is 7.36. The minimum atomic E-state index is -0.394. The van der Waals surface area contributed by atoms with Crippen molar-refractivity contribution in [2.75, 3.05) is 0 Å². The first-order valence-electron chi connectivity index (χ1n) is 9.23. The van der Waals surface area contributed by atoms with Gasteiger partial charge in [0.25, 0.3) is 0 Å². The van der Waals surface area contributed by atoms with Crippen molar-refractivity contribution in [1.82, 2.24) is 34.6 Å². The van der Waals surface area contributed by atoms with Gasteiger partial charge in [-0.2, -0.15) is 10.1 Å². The fourth-order valence-electron chi connectivity index (χ4n) is 3.15. The van der Waals surface area contributed by atoms with Crippen molar-refractivity contribution in [3.8, 4) is 28.3 Å². The lowest BCUT2D eigenvalue weighted by Crippen LogP contribution is -2.04. The molecule has 0 radical (unpaired) electrons. The van der Waals surface area contributed by atoms with Gasteiger partial charge in [0.05, 0.1) is 5.56 Å². The van der Waals surface area contributed by atoms with E-state index in [4.69, 9.17) is 4.74 Å². The van der Waals surface area contributed by atoms with Gasteiger partial charge in [0.1, 0.15) is 17.8 Å². The summed E-state index contributed by atoms with van der Waals surface area (Å²) in [6.07, 6.45) is 3.38. The molecule has 2 aromatic carbocycles. The summed E-state index contributed by atoms with van der Waals surface area (Å²) in [6, 6.07) is 16.1. The Hall–Kier alpha value is -4.14. The number of halogens is 1. The average molecular weight is 401 g/mol. The summed E-state index contributed by atoms with van der Waals surface area (Å²) in [5, 5.41) is 12.5. The van der Waals surface area contributed by atoms with Gasteiger partial charge in [-0.3, -0.25) is 4.68 Å². The third-order valence-corrected chi connectivity index (χ3v) is 4.56. The second-order valence-corrected chi connectivity index (χ2v) is 6.63. The Labute approximate surface area is 170 Å². The van der Waals surface area contributed by atoms with E-state index in [1.807, 2.05) is 30.3 Å². The van der Waals surface area contributed by atoms with Gasteiger partial charge in [0, 0.05) is 18.8 Å². The van der Waals surface area contributed by atoms with E-state index in [9.17, 15) is 4.39 Å². The normalized spacial score (nSPS) is 11.1. The number of fused-ring (bicyclic) bond motifs is 1. The van der Waals surface area contributed by atoms with Crippen LogP contribution in [0.15, 0.2) is 67.1 Å². The molecule has 3 aromatic heterocycles. The molecule has 3 heterocycles. The third kappa shape index (κ3) is 3.26. The molecule has 0 aliphatic rings. The van der Waals surface area contributed by atoms with Crippen molar-refractivity contribution in [2.45, 2.75) is 6.61 Å². The largest absolute Gasteiger partial charge is 0.469 e. The van der Waals surface area contributed by atoms with Gasteiger partial charge in [-0.25, -0.2) is 13.9 Å². The van der Waals surface area contributed by atoms with Crippen LogP contribution in [-0.4, -0.2) is 34.6 Å². The van der Waals surface area contributed by atoms with E-state index in [0.717, 1.165) is 11.1 Å². The first-order valence-corrected chi connectivity index (χ1v) is 9.23. The zero-order valence-corrected chi connectivity index (χ0v) is 16.0. The Balaban J connectivity index is 1.63. The van der Waals surface area contributed by atoms with Crippen molar-refractivity contribution < 1.29 is 9.13 Å². The lowest BCUT2D eigenvalue weighted by atomic mass is 10.1. The van der Waals surface area contributed by atoms with Crippen molar-refractivity contribution in [2.24, 2.45) is 7.05 Å². The van der Waals surface area contributed by atoms with E-state index in [2.05, 4.69) is 25.4 Å². The zero-order valence-electron chi connectivity index (χ0n) is 16.0. The molecule has 30 heavy (non-hydrogen) atoms. The first kappa shape index (κ1) is 17.9. The fraction of sp³-hybridized carbons (Fsp3) is 0.0952. The number of rotatable bonds is 5. The van der Waals surface area contributed by atoms with Gasteiger partial charge in [0.15, 0.2) is 18.1 Å². The lowest BCUT2D eigenvalue weighted by Gasteiger charge is -2.10. The van der Waals surface area contributed by atoms with E-state index in [1.54, 1.807) is 42.5 Å². The Kier molecular flexibility index (Phi) is 4.40. The number of hydrogen-bond donors (Lipinski definition) is 0. The number of benzene rings is 2. The molecule has 148 valence electrons. The standard InChI is InChI=1S/C21H16FN7O/c1-28-13-23-18(26-28)12-30-21-16(14-7-3-2-4-8-14)11-29-20(24-21)19(25-27-29)15-9-5-6-10-17(15)22/h2-11,13H,12H2,1H3. The SMILES string of the molecule is Cn1cnc(COc2nc3c(-c4ccccc4F)nnn3cc2-c2ccccc2)n1. The molecular weight excluding hydrogens is 385 g/mol. The number of ether oxygens (including phenoxy) is 1. The molecule has 0 fully saturated rings. The van der Waals surface area contributed by atoms with E-state index >= 15 is 0 Å². The highest BCUT2D eigenvalue weighted by atomic mass is 19.1. The van der Waals surface area contributed by atoms with Crippen LogP contribution < -0.4 is 4.74 Å². The summed E-state index contributed by atoms with van der Waals surface area (Å²) in [5.41, 5.74) is 2.69. The lowest BCUT2D eigenvalue weighted by molar-refractivity contribution is 0.285. The Morgan fingerprint density at radius 1 is 1.00 bits per heavy atom. The molecule has 0 N–H and O–H groups in total. The third-order valence-electron chi connectivity index (χ3n) is 4.56. The minimum absolute atomic E-state index is 0.139. The molecule has 0 atom stereocenters. The van der Waals surface area contributed by atoms with Crippen molar-refractivity contribution >= 4 is 5.65 Å². The summed E-state index contributed by atoms with van der Waals surface area (Å²) in [4.78, 5) is 8.82. The van der Waals surface area contributed by atoms with Crippen LogP contribution in [0.25, 0.3) is 28.0 Å². The number of aromatic nitrogens is 7. The van der Waals surface area contributed by atoms with Crippen molar-refractivity contribution in [1.29, 1.82) is 0 Å². The topological polar surface area (TPSA) is 83.0 Å². The highest BCUT2D eigenvalue weighted by Gasteiger charge is 2.18. The van der Waals surface area contributed by atoms with Gasteiger partial charge < -0.3 is 4.74 Å². The van der Waals surface area contributed by atoms with Crippen LogP contribution in [0, 0.1) is 5.82 Å². The van der Waals surface area contributed by atoms with Gasteiger partial charge in [-0.1, -0.05) is 47.7 Å². The maximum absolute atomic E-state index is 14.3. The molecule has 0 unspecified atom stereocenters. The average Bonchev–Trinajstić information content (AvgIpc) is 3.38. The number of hydrogen-bond acceptors (Lipinski definition) is 6. The van der Waals surface area contributed by atoms with E-state index in [-0.39, 0.29) is 6.61 Å². The Morgan fingerprint density at radius 2 is 1.80 bits per heavy atom. The van der Waals surface area contributed by atoms with Crippen LogP contribution in [-0.2, 0) is 13.7 Å². The van der Waals surface area contributed by atoms with E-state index in [1.165, 1.54) is 10.6 Å². The predicted molar refractivity (Wildman–Crippen MR) is 107 cm³/mol. The van der Waals surface area contributed by atoms with Crippen LogP contribution >= 0.6 is 0 Å². The monoisotopic (exact) mass is 401 g/mol. The highest BCUT2D eigenvalue weighted by molar-refractivity contribution is 5.77. The van der Waals surface area contributed by atoms with Gasteiger partial charge in [-0.15, -0.1) is 5.10 Å². The maximum atomic E-state index is 14.3. The highest BCUT2D eigenvalue weighted by Crippen LogP contribution is 2.32. The molecule has 0 bridgehead atoms. The smallest absolute Gasteiger partial charge is 0.225 e. The van der Waals surface area contributed by atoms with Crippen LogP contribution in [0.5, 0.6) is 5.88 Å². The molecule has 0 spiro atoms. The van der Waals surface area contributed by atoms with Gasteiger partial charge >= 0.3 is 0 Å². The zero-order chi connectivity index (χ0) is 20.5. The summed E-state index contributed by atoms with van der Waals surface area (Å²) < 4.78 is 23.4. The molecule has 5 aromatic rings. The molecule has 0 saturated carbocycles. The summed E-state index contributed by atoms with van der Waals surface area (Å²) in [6.45, 7) is 0.139. The van der Waals surface area contributed by atoms with Crippen LogP contribution in [0.4, 0.5) is 4.39 Å². The number of aryl methyl sites for hydroxylation is 1. The Bertz CT molecular complexity index is 1330. The molecular formula is C21H16FN7O. The number of nitrogens with zero attached hydrogens (tertiary/aromatic N) is 7. The van der Waals surface area contributed by atoms with Crippen molar-refractivity contribution in [3.05, 3.63) is 78.8 Å². The summed E-state index contributed by atoms with van der Waals surface area (Å²) >= 11 is 0. The first-order chi connectivity index (χ1) is 14.7. The van der Waals surface area contributed by atoms with E-state index in [0.29, 0.717) is 28.6 Å². The van der Waals surface area contributed by atoms with Crippen LogP contribution in [0.1, 0.15) is 5.82 Å². The van der Waals surface area contributed by atoms with Crippen LogP contribution in [0.2, 0.25) is 0 Å². The van der Waals surface area contributed by atoms with Crippen molar-refractivity contribution in [3.63, 3.8) is 0 Å². The maximum Gasteiger partial charge on any atom is 0.225 e. The molecule has 9 heteroatoms. The molecule has 0 amide bonds. The molecule has 0 saturated heterocycles. The molecule has 8 nitrogen and oxygen atoms in total.